The molecule has 0 bridgehead atoms. The van der Waals surface area contributed by atoms with E-state index in [0.717, 1.165) is 38.8 Å². The molecule has 2 saturated heterocycles. The quantitative estimate of drug-likeness (QED) is 0.806. The Bertz CT molecular complexity index is 307. The van der Waals surface area contributed by atoms with Crippen LogP contribution < -0.4 is 5.32 Å². The maximum Gasteiger partial charge on any atom is 0.249 e. The number of nitrogens with one attached hydrogen (secondary N) is 1. The van der Waals surface area contributed by atoms with Crippen molar-refractivity contribution in [1.82, 2.24) is 10.2 Å². The van der Waals surface area contributed by atoms with Gasteiger partial charge in [-0.15, -0.1) is 0 Å². The van der Waals surface area contributed by atoms with Gasteiger partial charge in [0.15, 0.2) is 0 Å². The van der Waals surface area contributed by atoms with Gasteiger partial charge < -0.3 is 15.0 Å². The Morgan fingerprint density at radius 2 is 1.94 bits per heavy atom. The molecular formula is C13H22N2O3. The molecule has 0 aromatic rings. The summed E-state index contributed by atoms with van der Waals surface area (Å²) in [6.07, 6.45) is 4.65. The molecule has 2 aliphatic heterocycles. The van der Waals surface area contributed by atoms with Gasteiger partial charge in [-0.3, -0.25) is 9.59 Å². The highest BCUT2D eigenvalue weighted by molar-refractivity contribution is 5.89. The van der Waals surface area contributed by atoms with Crippen molar-refractivity contribution >= 4 is 11.8 Å². The Hall–Kier alpha value is -1.10. The van der Waals surface area contributed by atoms with Crippen LogP contribution >= 0.6 is 0 Å². The molecule has 2 heterocycles. The highest BCUT2D eigenvalue weighted by Gasteiger charge is 2.28. The van der Waals surface area contributed by atoms with Gasteiger partial charge in [-0.25, -0.2) is 0 Å². The number of carbonyl (C=O) groups excluding carboxylic acids is 2. The predicted octanol–water partition coefficient (Wildman–Crippen LogP) is 0.683. The lowest BCUT2D eigenvalue weighted by molar-refractivity contribution is -0.139. The minimum absolute atomic E-state index is 0.0287. The molecule has 5 nitrogen and oxygen atoms in total. The first kappa shape index (κ1) is 13.3. The second-order valence-corrected chi connectivity index (χ2v) is 5.12. The molecule has 1 unspecified atom stereocenters. The van der Waals surface area contributed by atoms with Gasteiger partial charge in [0.2, 0.25) is 11.8 Å². The Morgan fingerprint density at radius 3 is 2.56 bits per heavy atom. The van der Waals surface area contributed by atoms with E-state index in [1.165, 1.54) is 6.42 Å². The predicted molar refractivity (Wildman–Crippen MR) is 67.0 cm³/mol. The van der Waals surface area contributed by atoms with Crippen LogP contribution in [0.2, 0.25) is 0 Å². The lowest BCUT2D eigenvalue weighted by atomic mass is 10.1. The van der Waals surface area contributed by atoms with Crippen LogP contribution in [0.4, 0.5) is 0 Å². The summed E-state index contributed by atoms with van der Waals surface area (Å²) in [5.41, 5.74) is 0. The first-order valence-corrected chi connectivity index (χ1v) is 6.89. The third-order valence-corrected chi connectivity index (χ3v) is 3.62. The molecule has 2 aliphatic rings. The topological polar surface area (TPSA) is 58.6 Å². The SMILES string of the molecule is C[C@H](NC(=O)C1CCCO1)C(=O)N1CCCCC1. The van der Waals surface area contributed by atoms with Crippen LogP contribution in [-0.4, -0.2) is 48.6 Å². The van der Waals surface area contributed by atoms with E-state index < -0.39 is 6.04 Å². The first-order chi connectivity index (χ1) is 8.68. The average Bonchev–Trinajstić information content (AvgIpc) is 2.92. The van der Waals surface area contributed by atoms with Crippen molar-refractivity contribution in [3.8, 4) is 0 Å². The zero-order chi connectivity index (χ0) is 13.0. The van der Waals surface area contributed by atoms with Crippen LogP contribution in [0.25, 0.3) is 0 Å². The van der Waals surface area contributed by atoms with E-state index >= 15 is 0 Å². The summed E-state index contributed by atoms with van der Waals surface area (Å²) in [5.74, 6) is -0.119. The first-order valence-electron chi connectivity index (χ1n) is 6.89. The monoisotopic (exact) mass is 254 g/mol. The molecule has 102 valence electrons. The molecule has 0 saturated carbocycles. The van der Waals surface area contributed by atoms with E-state index in [0.29, 0.717) is 6.61 Å². The van der Waals surface area contributed by atoms with E-state index in [9.17, 15) is 9.59 Å². The molecule has 1 N–H and O–H groups in total. The highest BCUT2D eigenvalue weighted by Crippen LogP contribution is 2.13. The molecule has 0 spiro atoms. The molecule has 2 rings (SSSR count). The number of piperidine rings is 1. The summed E-state index contributed by atoms with van der Waals surface area (Å²) in [4.78, 5) is 25.8. The van der Waals surface area contributed by atoms with Crippen molar-refractivity contribution in [1.29, 1.82) is 0 Å². The van der Waals surface area contributed by atoms with Crippen molar-refractivity contribution in [2.75, 3.05) is 19.7 Å². The van der Waals surface area contributed by atoms with Crippen molar-refractivity contribution < 1.29 is 14.3 Å². The maximum absolute atomic E-state index is 12.1. The van der Waals surface area contributed by atoms with E-state index in [1.54, 1.807) is 6.92 Å². The number of nitrogens with zero attached hydrogens (tertiary/aromatic N) is 1. The van der Waals surface area contributed by atoms with E-state index in [1.807, 2.05) is 4.90 Å². The van der Waals surface area contributed by atoms with E-state index in [4.69, 9.17) is 4.74 Å². The second-order valence-electron chi connectivity index (χ2n) is 5.12. The molecule has 2 atom stereocenters. The fourth-order valence-electron chi connectivity index (χ4n) is 2.54. The summed E-state index contributed by atoms with van der Waals surface area (Å²) in [6.45, 7) is 4.04. The van der Waals surface area contributed by atoms with Crippen LogP contribution in [0.15, 0.2) is 0 Å². The number of amides is 2. The van der Waals surface area contributed by atoms with Crippen molar-refractivity contribution in [3.05, 3.63) is 0 Å². The maximum atomic E-state index is 12.1. The summed E-state index contributed by atoms with van der Waals surface area (Å²) >= 11 is 0. The average molecular weight is 254 g/mol. The number of hydrogen-bond acceptors (Lipinski definition) is 3. The van der Waals surface area contributed by atoms with Crippen molar-refractivity contribution in [3.63, 3.8) is 0 Å². The third kappa shape index (κ3) is 3.22. The van der Waals surface area contributed by atoms with Gasteiger partial charge in [-0.05, 0) is 39.0 Å². The van der Waals surface area contributed by atoms with E-state index in [-0.39, 0.29) is 17.9 Å². The lowest BCUT2D eigenvalue weighted by Gasteiger charge is -2.29. The Labute approximate surface area is 108 Å². The zero-order valence-electron chi connectivity index (χ0n) is 11.0. The molecule has 0 aliphatic carbocycles. The van der Waals surface area contributed by atoms with Gasteiger partial charge in [0.25, 0.3) is 0 Å². The number of likely N-dealkylation sites (tertiary alicyclic amines) is 1. The fourth-order valence-corrected chi connectivity index (χ4v) is 2.54. The van der Waals surface area contributed by atoms with Crippen LogP contribution in [-0.2, 0) is 14.3 Å². The minimum Gasteiger partial charge on any atom is -0.368 e. The fraction of sp³-hybridized carbons (Fsp3) is 0.846. The van der Waals surface area contributed by atoms with Crippen LogP contribution in [0.1, 0.15) is 39.0 Å². The van der Waals surface area contributed by atoms with Crippen molar-refractivity contribution in [2.45, 2.75) is 51.2 Å². The molecule has 18 heavy (non-hydrogen) atoms. The molecule has 0 radical (unpaired) electrons. The summed E-state index contributed by atoms with van der Waals surface area (Å²) in [5, 5.41) is 2.76. The smallest absolute Gasteiger partial charge is 0.249 e. The lowest BCUT2D eigenvalue weighted by Crippen LogP contribution is -2.50. The van der Waals surface area contributed by atoms with Gasteiger partial charge in [0.05, 0.1) is 0 Å². The van der Waals surface area contributed by atoms with Gasteiger partial charge in [-0.1, -0.05) is 0 Å². The molecule has 5 heteroatoms. The van der Waals surface area contributed by atoms with Gasteiger partial charge in [0.1, 0.15) is 12.1 Å². The number of ether oxygens (including phenoxy) is 1. The Balaban J connectivity index is 1.80. The largest absolute Gasteiger partial charge is 0.368 e. The summed E-state index contributed by atoms with van der Waals surface area (Å²) in [7, 11) is 0. The van der Waals surface area contributed by atoms with Gasteiger partial charge >= 0.3 is 0 Å². The van der Waals surface area contributed by atoms with Crippen LogP contribution in [0.3, 0.4) is 0 Å². The molecule has 2 fully saturated rings. The number of hydrogen-bond donors (Lipinski definition) is 1. The number of rotatable bonds is 3. The second kappa shape index (κ2) is 6.18. The molecule has 0 aromatic carbocycles. The summed E-state index contributed by atoms with van der Waals surface area (Å²) < 4.78 is 5.30. The van der Waals surface area contributed by atoms with E-state index in [2.05, 4.69) is 5.32 Å². The molecule has 2 amide bonds. The van der Waals surface area contributed by atoms with Crippen LogP contribution in [0.5, 0.6) is 0 Å². The normalized spacial score (nSPS) is 25.8. The minimum atomic E-state index is -0.445. The van der Waals surface area contributed by atoms with Gasteiger partial charge in [-0.2, -0.15) is 0 Å². The highest BCUT2D eigenvalue weighted by atomic mass is 16.5. The third-order valence-electron chi connectivity index (χ3n) is 3.62. The van der Waals surface area contributed by atoms with Crippen molar-refractivity contribution in [2.24, 2.45) is 0 Å². The summed E-state index contributed by atoms with van der Waals surface area (Å²) in [6, 6.07) is -0.445. The Morgan fingerprint density at radius 1 is 1.22 bits per heavy atom. The van der Waals surface area contributed by atoms with Gasteiger partial charge in [0, 0.05) is 19.7 Å². The molecule has 0 aromatic heterocycles. The molecular weight excluding hydrogens is 232 g/mol. The number of carbonyl (C=O) groups is 2. The standard InChI is InChI=1S/C13H22N2O3/c1-10(13(17)15-7-3-2-4-8-15)14-12(16)11-6-5-9-18-11/h10-11H,2-9H2,1H3,(H,14,16)/t10-,11?/m0/s1. The zero-order valence-corrected chi connectivity index (χ0v) is 11.0. The van der Waals surface area contributed by atoms with Crippen LogP contribution in [0, 0.1) is 0 Å². The Kier molecular flexibility index (Phi) is 4.58.